The molecule has 0 saturated carbocycles. The summed E-state index contributed by atoms with van der Waals surface area (Å²) in [6.07, 6.45) is 12.5. The smallest absolute Gasteiger partial charge is 0.311 e. The normalized spacial score (nSPS) is 12.5. The zero-order valence-electron chi connectivity index (χ0n) is 18.2. The topological polar surface area (TPSA) is 62.3 Å². The maximum Gasteiger partial charge on any atom is 0.311 e. The van der Waals surface area contributed by atoms with Crippen LogP contribution in [0.1, 0.15) is 51.0 Å². The van der Waals surface area contributed by atoms with E-state index in [1.54, 1.807) is 6.08 Å². The lowest BCUT2D eigenvalue weighted by Gasteiger charge is -2.07. The minimum absolute atomic E-state index is 0.143. The second kappa shape index (κ2) is 13.9. The van der Waals surface area contributed by atoms with Crippen molar-refractivity contribution in [1.29, 1.82) is 0 Å². The fourth-order valence-corrected chi connectivity index (χ4v) is 3.11. The summed E-state index contributed by atoms with van der Waals surface area (Å²) < 4.78 is 5.36. The number of aliphatic hydroxyl groups excluding tert-OH is 1. The first-order valence-electron chi connectivity index (χ1n) is 10.9. The summed E-state index contributed by atoms with van der Waals surface area (Å²) in [7, 11) is 0. The number of rotatable bonds is 11. The number of aliphatic hydroxyl groups is 1. The van der Waals surface area contributed by atoms with Gasteiger partial charge in [0.25, 0.3) is 0 Å². The number of benzene rings is 1. The standard InChI is InChI=1S/C27H31NO3/c1-3-5-6-7-8-9-10-15-23(29)16-11-12-17-24(4-2)31-27(30)20-22-21-28-26-19-14-13-18-25(22)26/h4,10,13-15,18-19,21,23-24,28-29H,2-3,5-9,20H2,1H3/b15-10-/t23-,24+/m0/s1. The number of fused-ring (bicyclic) bond motifs is 1. The molecule has 0 bridgehead atoms. The van der Waals surface area contributed by atoms with Gasteiger partial charge in [0.15, 0.2) is 6.10 Å². The Morgan fingerprint density at radius 2 is 1.97 bits per heavy atom. The van der Waals surface area contributed by atoms with Gasteiger partial charge >= 0.3 is 5.97 Å². The molecule has 0 unspecified atom stereocenters. The van der Waals surface area contributed by atoms with Crippen molar-refractivity contribution in [2.24, 2.45) is 0 Å². The van der Waals surface area contributed by atoms with Crippen molar-refractivity contribution >= 4 is 16.9 Å². The Balaban J connectivity index is 1.78. The Bertz CT molecular complexity index is 994. The Morgan fingerprint density at radius 1 is 1.19 bits per heavy atom. The molecular formula is C27H31NO3. The minimum Gasteiger partial charge on any atom is -0.445 e. The van der Waals surface area contributed by atoms with Crippen LogP contribution in [0.4, 0.5) is 0 Å². The van der Waals surface area contributed by atoms with Crippen LogP contribution in [0.2, 0.25) is 0 Å². The number of ether oxygens (including phenoxy) is 1. The third kappa shape index (κ3) is 8.99. The van der Waals surface area contributed by atoms with Gasteiger partial charge in [-0.05, 0) is 54.4 Å². The molecule has 0 amide bonds. The molecular weight excluding hydrogens is 386 g/mol. The second-order valence-corrected chi connectivity index (χ2v) is 7.30. The molecule has 2 N–H and O–H groups in total. The van der Waals surface area contributed by atoms with E-state index in [0.717, 1.165) is 29.3 Å². The molecule has 0 fully saturated rings. The van der Waals surface area contributed by atoms with Crippen LogP contribution in [0.3, 0.4) is 0 Å². The van der Waals surface area contributed by atoms with Gasteiger partial charge in [0.05, 0.1) is 6.42 Å². The molecule has 4 heteroatoms. The molecule has 0 radical (unpaired) electrons. The Hall–Kier alpha value is -3.21. The number of allylic oxidation sites excluding steroid dienone is 1. The van der Waals surface area contributed by atoms with E-state index in [0.29, 0.717) is 0 Å². The van der Waals surface area contributed by atoms with Crippen LogP contribution in [0.25, 0.3) is 10.9 Å². The number of carbonyl (C=O) groups excluding carboxylic acids is 1. The highest BCUT2D eigenvalue weighted by atomic mass is 16.5. The van der Waals surface area contributed by atoms with Gasteiger partial charge in [0, 0.05) is 17.1 Å². The lowest BCUT2D eigenvalue weighted by Crippen LogP contribution is -2.15. The van der Waals surface area contributed by atoms with Gasteiger partial charge in [0.2, 0.25) is 0 Å². The molecule has 0 spiro atoms. The van der Waals surface area contributed by atoms with Gasteiger partial charge in [-0.3, -0.25) is 4.79 Å². The number of esters is 1. The number of unbranched alkanes of at least 4 members (excludes halogenated alkanes) is 5. The summed E-state index contributed by atoms with van der Waals surface area (Å²) in [6.45, 7) is 5.86. The summed E-state index contributed by atoms with van der Waals surface area (Å²) in [5, 5.41) is 10.8. The molecule has 1 aromatic heterocycles. The average Bonchev–Trinajstić information content (AvgIpc) is 3.18. The molecule has 31 heavy (non-hydrogen) atoms. The Morgan fingerprint density at radius 3 is 2.77 bits per heavy atom. The van der Waals surface area contributed by atoms with E-state index in [1.165, 1.54) is 31.8 Å². The number of hydrogen-bond donors (Lipinski definition) is 2. The fourth-order valence-electron chi connectivity index (χ4n) is 3.11. The minimum atomic E-state index is -0.850. The van der Waals surface area contributed by atoms with E-state index in [2.05, 4.69) is 42.2 Å². The van der Waals surface area contributed by atoms with Crippen LogP contribution in [-0.4, -0.2) is 28.3 Å². The molecule has 0 aliphatic carbocycles. The number of para-hydroxylation sites is 1. The number of H-pyrrole nitrogens is 1. The predicted molar refractivity (Wildman–Crippen MR) is 126 cm³/mol. The summed E-state index contributed by atoms with van der Waals surface area (Å²) in [5.74, 6) is 10.2. The van der Waals surface area contributed by atoms with E-state index in [9.17, 15) is 9.90 Å². The van der Waals surface area contributed by atoms with Gasteiger partial charge in [-0.2, -0.15) is 0 Å². The van der Waals surface area contributed by atoms with Gasteiger partial charge in [-0.15, -0.1) is 0 Å². The quantitative estimate of drug-likeness (QED) is 0.232. The molecule has 0 saturated heterocycles. The molecule has 2 rings (SSSR count). The first-order valence-corrected chi connectivity index (χ1v) is 10.9. The first-order chi connectivity index (χ1) is 15.1. The maximum absolute atomic E-state index is 12.3. The zero-order chi connectivity index (χ0) is 22.3. The molecule has 1 heterocycles. The fraction of sp³-hybridized carbons (Fsp3) is 0.370. The molecule has 2 aromatic rings. The highest BCUT2D eigenvalue weighted by Crippen LogP contribution is 2.18. The van der Waals surface area contributed by atoms with Crippen molar-refractivity contribution < 1.29 is 14.6 Å². The molecule has 0 aliphatic rings. The Kier molecular flexibility index (Phi) is 10.8. The SMILES string of the molecule is C=C[C@H](C#CC#C[C@@H](O)/C=C\CCCCCCC)OC(=O)Cc1c[nH]c2ccccc12. The van der Waals surface area contributed by atoms with E-state index >= 15 is 0 Å². The number of nitrogens with one attached hydrogen (secondary N) is 1. The van der Waals surface area contributed by atoms with E-state index in [4.69, 9.17) is 4.74 Å². The third-order valence-electron chi connectivity index (χ3n) is 4.77. The van der Waals surface area contributed by atoms with Crippen LogP contribution in [0.15, 0.2) is 55.3 Å². The molecule has 2 atom stereocenters. The number of carbonyl (C=O) groups is 1. The Labute approximate surface area is 185 Å². The van der Waals surface area contributed by atoms with Gasteiger partial charge in [-0.1, -0.05) is 69.4 Å². The van der Waals surface area contributed by atoms with Crippen LogP contribution in [-0.2, 0) is 16.0 Å². The highest BCUT2D eigenvalue weighted by Gasteiger charge is 2.12. The third-order valence-corrected chi connectivity index (χ3v) is 4.77. The molecule has 1 aromatic carbocycles. The van der Waals surface area contributed by atoms with Crippen molar-refractivity contribution in [2.45, 2.75) is 64.1 Å². The average molecular weight is 418 g/mol. The van der Waals surface area contributed by atoms with Gasteiger partial charge in [-0.25, -0.2) is 0 Å². The summed E-state index contributed by atoms with van der Waals surface area (Å²) in [5.41, 5.74) is 1.85. The number of hydrogen-bond acceptors (Lipinski definition) is 3. The molecule has 162 valence electrons. The number of aromatic amines is 1. The zero-order valence-corrected chi connectivity index (χ0v) is 18.2. The highest BCUT2D eigenvalue weighted by molar-refractivity contribution is 5.87. The van der Waals surface area contributed by atoms with Crippen LogP contribution >= 0.6 is 0 Å². The first kappa shape index (κ1) is 24.1. The van der Waals surface area contributed by atoms with Crippen molar-refractivity contribution in [3.8, 4) is 23.7 Å². The van der Waals surface area contributed by atoms with Crippen LogP contribution < -0.4 is 0 Å². The van der Waals surface area contributed by atoms with Crippen LogP contribution in [0, 0.1) is 23.7 Å². The summed E-state index contributed by atoms with van der Waals surface area (Å²) >= 11 is 0. The van der Waals surface area contributed by atoms with E-state index in [1.807, 2.05) is 36.5 Å². The lowest BCUT2D eigenvalue weighted by molar-refractivity contribution is -0.143. The summed E-state index contributed by atoms with van der Waals surface area (Å²) in [4.78, 5) is 15.4. The lowest BCUT2D eigenvalue weighted by atomic mass is 10.1. The monoisotopic (exact) mass is 417 g/mol. The van der Waals surface area contributed by atoms with Crippen LogP contribution in [0.5, 0.6) is 0 Å². The van der Waals surface area contributed by atoms with Gasteiger partial charge < -0.3 is 14.8 Å². The summed E-state index contributed by atoms with van der Waals surface area (Å²) in [6, 6.07) is 7.78. The predicted octanol–water partition coefficient (Wildman–Crippen LogP) is 5.09. The van der Waals surface area contributed by atoms with Gasteiger partial charge in [0.1, 0.15) is 6.10 Å². The van der Waals surface area contributed by atoms with E-state index < -0.39 is 12.2 Å². The number of aromatic nitrogens is 1. The van der Waals surface area contributed by atoms with Crippen molar-refractivity contribution in [3.63, 3.8) is 0 Å². The van der Waals surface area contributed by atoms with Crippen molar-refractivity contribution in [3.05, 3.63) is 60.8 Å². The second-order valence-electron chi connectivity index (χ2n) is 7.30. The molecule has 4 nitrogen and oxygen atoms in total. The maximum atomic E-state index is 12.3. The van der Waals surface area contributed by atoms with Crippen molar-refractivity contribution in [2.75, 3.05) is 0 Å². The van der Waals surface area contributed by atoms with E-state index in [-0.39, 0.29) is 12.4 Å². The molecule has 0 aliphatic heterocycles. The van der Waals surface area contributed by atoms with Crippen molar-refractivity contribution in [1.82, 2.24) is 4.98 Å². The largest absolute Gasteiger partial charge is 0.445 e.